The molecule has 1 aliphatic rings. The number of methoxy groups -OCH3 is 1. The van der Waals surface area contributed by atoms with Crippen LogP contribution in [0.25, 0.3) is 0 Å². The number of aryl methyl sites for hydroxylation is 1. The Hall–Kier alpha value is -1.10. The zero-order valence-electron chi connectivity index (χ0n) is 12.8. The van der Waals surface area contributed by atoms with Gasteiger partial charge in [-0.25, -0.2) is 0 Å². The predicted molar refractivity (Wildman–Crippen MR) is 79.1 cm³/mol. The Labute approximate surface area is 121 Å². The number of hydrogen-bond acceptors (Lipinski definition) is 4. The standard InChI is InChI=1S/C16H25NO3/c1-11-7-14(5-6-16(11)19-4)15(18)10-17-8-12(2)20-13(3)9-17/h5-7,12-13,15,18H,8-10H2,1-4H3. The van der Waals surface area contributed by atoms with Gasteiger partial charge < -0.3 is 14.6 Å². The van der Waals surface area contributed by atoms with Crippen molar-refractivity contribution in [3.63, 3.8) is 0 Å². The second kappa shape index (κ2) is 6.57. The highest BCUT2D eigenvalue weighted by Gasteiger charge is 2.24. The monoisotopic (exact) mass is 279 g/mol. The number of morpholine rings is 1. The molecule has 1 saturated heterocycles. The van der Waals surface area contributed by atoms with E-state index in [0.717, 1.165) is 30.0 Å². The summed E-state index contributed by atoms with van der Waals surface area (Å²) in [4.78, 5) is 2.27. The first kappa shape index (κ1) is 15.3. The highest BCUT2D eigenvalue weighted by Crippen LogP contribution is 2.24. The maximum Gasteiger partial charge on any atom is 0.121 e. The number of aliphatic hydroxyl groups is 1. The third-order valence-corrected chi connectivity index (χ3v) is 3.73. The first-order valence-electron chi connectivity index (χ1n) is 7.20. The minimum atomic E-state index is -0.475. The second-order valence-electron chi connectivity index (χ2n) is 5.72. The molecule has 0 spiro atoms. The summed E-state index contributed by atoms with van der Waals surface area (Å²) in [7, 11) is 1.66. The number of rotatable bonds is 4. The van der Waals surface area contributed by atoms with Crippen LogP contribution in [0.1, 0.15) is 31.1 Å². The summed E-state index contributed by atoms with van der Waals surface area (Å²) in [6, 6.07) is 5.85. The molecule has 1 heterocycles. The lowest BCUT2D eigenvalue weighted by Crippen LogP contribution is -2.46. The Kier molecular flexibility index (Phi) is 5.02. The van der Waals surface area contributed by atoms with E-state index in [1.807, 2.05) is 25.1 Å². The summed E-state index contributed by atoms with van der Waals surface area (Å²) >= 11 is 0. The van der Waals surface area contributed by atoms with Crippen molar-refractivity contribution in [3.05, 3.63) is 29.3 Å². The normalized spacial score (nSPS) is 25.4. The Bertz CT molecular complexity index is 439. The van der Waals surface area contributed by atoms with Crippen LogP contribution < -0.4 is 4.74 Å². The molecule has 1 aliphatic heterocycles. The van der Waals surface area contributed by atoms with Crippen LogP contribution in [-0.2, 0) is 4.74 Å². The maximum absolute atomic E-state index is 10.4. The van der Waals surface area contributed by atoms with Crippen LogP contribution >= 0.6 is 0 Å². The van der Waals surface area contributed by atoms with Gasteiger partial charge in [-0.15, -0.1) is 0 Å². The molecule has 0 aromatic heterocycles. The summed E-state index contributed by atoms with van der Waals surface area (Å²) in [6.07, 6.45) is -0.0239. The number of aliphatic hydroxyl groups excluding tert-OH is 1. The number of hydrogen-bond donors (Lipinski definition) is 1. The fraction of sp³-hybridized carbons (Fsp3) is 0.625. The van der Waals surface area contributed by atoms with Gasteiger partial charge in [-0.2, -0.15) is 0 Å². The molecule has 20 heavy (non-hydrogen) atoms. The zero-order valence-corrected chi connectivity index (χ0v) is 12.8. The van der Waals surface area contributed by atoms with E-state index in [0.29, 0.717) is 6.54 Å². The molecule has 1 N–H and O–H groups in total. The first-order chi connectivity index (χ1) is 9.49. The molecule has 3 atom stereocenters. The molecule has 0 bridgehead atoms. The van der Waals surface area contributed by atoms with E-state index >= 15 is 0 Å². The summed E-state index contributed by atoms with van der Waals surface area (Å²) in [5.41, 5.74) is 1.99. The van der Waals surface area contributed by atoms with Crippen molar-refractivity contribution < 1.29 is 14.6 Å². The smallest absolute Gasteiger partial charge is 0.121 e. The van der Waals surface area contributed by atoms with Gasteiger partial charge in [-0.3, -0.25) is 4.90 Å². The van der Waals surface area contributed by atoms with Gasteiger partial charge in [0.05, 0.1) is 25.4 Å². The number of β-amino-alcohol motifs (C(OH)–C–C–N with tert-alkyl or cyclic N) is 1. The lowest BCUT2D eigenvalue weighted by Gasteiger charge is -2.36. The topological polar surface area (TPSA) is 41.9 Å². The van der Waals surface area contributed by atoms with Crippen LogP contribution in [0.15, 0.2) is 18.2 Å². The van der Waals surface area contributed by atoms with Crippen molar-refractivity contribution >= 4 is 0 Å². The maximum atomic E-state index is 10.4. The van der Waals surface area contributed by atoms with Gasteiger partial charge in [0.1, 0.15) is 5.75 Å². The Morgan fingerprint density at radius 2 is 2.00 bits per heavy atom. The van der Waals surface area contributed by atoms with E-state index < -0.39 is 6.10 Å². The Morgan fingerprint density at radius 1 is 1.35 bits per heavy atom. The van der Waals surface area contributed by atoms with E-state index in [2.05, 4.69) is 18.7 Å². The van der Waals surface area contributed by atoms with Crippen LogP contribution in [0.2, 0.25) is 0 Å². The fourth-order valence-corrected chi connectivity index (χ4v) is 2.89. The minimum Gasteiger partial charge on any atom is -0.496 e. The highest BCUT2D eigenvalue weighted by atomic mass is 16.5. The van der Waals surface area contributed by atoms with E-state index in [1.165, 1.54) is 0 Å². The number of ether oxygens (including phenoxy) is 2. The van der Waals surface area contributed by atoms with Gasteiger partial charge in [0.2, 0.25) is 0 Å². The summed E-state index contributed by atoms with van der Waals surface area (Å²) < 4.78 is 11.0. The van der Waals surface area contributed by atoms with Crippen molar-refractivity contribution in [2.45, 2.75) is 39.1 Å². The first-order valence-corrected chi connectivity index (χ1v) is 7.20. The Balaban J connectivity index is 2.00. The molecule has 4 heteroatoms. The average Bonchev–Trinajstić information content (AvgIpc) is 2.37. The van der Waals surface area contributed by atoms with Crippen molar-refractivity contribution in [2.75, 3.05) is 26.7 Å². The van der Waals surface area contributed by atoms with Crippen LogP contribution in [0.4, 0.5) is 0 Å². The van der Waals surface area contributed by atoms with Crippen molar-refractivity contribution in [3.8, 4) is 5.75 Å². The van der Waals surface area contributed by atoms with E-state index in [1.54, 1.807) is 7.11 Å². The SMILES string of the molecule is COc1ccc(C(O)CN2CC(C)OC(C)C2)cc1C. The molecule has 112 valence electrons. The molecular weight excluding hydrogens is 254 g/mol. The van der Waals surface area contributed by atoms with E-state index in [4.69, 9.17) is 9.47 Å². The molecule has 0 saturated carbocycles. The van der Waals surface area contributed by atoms with Crippen LogP contribution in [0, 0.1) is 6.92 Å². The molecule has 0 aliphatic carbocycles. The van der Waals surface area contributed by atoms with Crippen LogP contribution in [0.5, 0.6) is 5.75 Å². The molecule has 1 aromatic rings. The molecule has 3 unspecified atom stereocenters. The lowest BCUT2D eigenvalue weighted by atomic mass is 10.0. The predicted octanol–water partition coefficient (Wildman–Crippen LogP) is 2.15. The van der Waals surface area contributed by atoms with Gasteiger partial charge in [-0.1, -0.05) is 6.07 Å². The Morgan fingerprint density at radius 3 is 2.55 bits per heavy atom. The van der Waals surface area contributed by atoms with Gasteiger partial charge in [0.15, 0.2) is 0 Å². The minimum absolute atomic E-state index is 0.226. The lowest BCUT2D eigenvalue weighted by molar-refractivity contribution is -0.0767. The molecule has 0 amide bonds. The number of benzene rings is 1. The van der Waals surface area contributed by atoms with Gasteiger partial charge in [0.25, 0.3) is 0 Å². The summed E-state index contributed by atoms with van der Waals surface area (Å²) in [6.45, 7) is 8.53. The van der Waals surface area contributed by atoms with E-state index in [9.17, 15) is 5.11 Å². The largest absolute Gasteiger partial charge is 0.496 e. The third kappa shape index (κ3) is 3.72. The molecule has 2 rings (SSSR count). The molecular formula is C16H25NO3. The molecule has 1 fully saturated rings. The highest BCUT2D eigenvalue weighted by molar-refractivity contribution is 5.37. The van der Waals surface area contributed by atoms with Crippen molar-refractivity contribution in [1.29, 1.82) is 0 Å². The summed E-state index contributed by atoms with van der Waals surface area (Å²) in [5, 5.41) is 10.4. The van der Waals surface area contributed by atoms with Crippen molar-refractivity contribution in [1.82, 2.24) is 4.90 Å². The molecule has 1 aromatic carbocycles. The molecule has 4 nitrogen and oxygen atoms in total. The zero-order chi connectivity index (χ0) is 14.7. The fourth-order valence-electron chi connectivity index (χ4n) is 2.89. The quantitative estimate of drug-likeness (QED) is 0.917. The second-order valence-corrected chi connectivity index (χ2v) is 5.72. The van der Waals surface area contributed by atoms with Crippen molar-refractivity contribution in [2.24, 2.45) is 0 Å². The summed E-state index contributed by atoms with van der Waals surface area (Å²) in [5.74, 6) is 0.856. The van der Waals surface area contributed by atoms with E-state index in [-0.39, 0.29) is 12.2 Å². The average molecular weight is 279 g/mol. The molecule has 0 radical (unpaired) electrons. The van der Waals surface area contributed by atoms with Crippen LogP contribution in [-0.4, -0.2) is 49.0 Å². The number of nitrogens with zero attached hydrogens (tertiary/aromatic N) is 1. The van der Waals surface area contributed by atoms with Gasteiger partial charge in [0, 0.05) is 19.6 Å². The third-order valence-electron chi connectivity index (χ3n) is 3.73. The van der Waals surface area contributed by atoms with Gasteiger partial charge in [-0.05, 0) is 44.0 Å². The van der Waals surface area contributed by atoms with Crippen LogP contribution in [0.3, 0.4) is 0 Å². The van der Waals surface area contributed by atoms with Gasteiger partial charge >= 0.3 is 0 Å².